The van der Waals surface area contributed by atoms with Crippen LogP contribution in [0.3, 0.4) is 0 Å². The molecule has 2 unspecified atom stereocenters. The molecule has 3 N–H and O–H groups in total. The molecule has 1 aliphatic heterocycles. The molecule has 104 valence electrons. The minimum absolute atomic E-state index is 0.702. The normalized spacial score (nSPS) is 26.9. The van der Waals surface area contributed by atoms with Crippen molar-refractivity contribution >= 4 is 11.6 Å². The minimum Gasteiger partial charge on any atom is -0.356 e. The van der Waals surface area contributed by atoms with Gasteiger partial charge in [-0.25, -0.2) is 15.8 Å². The molecule has 1 aromatic rings. The number of hydrazine groups is 1. The summed E-state index contributed by atoms with van der Waals surface area (Å²) in [5.74, 6) is 9.76. The van der Waals surface area contributed by atoms with Gasteiger partial charge in [-0.15, -0.1) is 0 Å². The summed E-state index contributed by atoms with van der Waals surface area (Å²) in [6.07, 6.45) is 6.94. The third-order valence-corrected chi connectivity index (χ3v) is 4.59. The van der Waals surface area contributed by atoms with E-state index in [4.69, 9.17) is 5.84 Å². The Labute approximate surface area is 114 Å². The molecular formula is C14H23N5. The van der Waals surface area contributed by atoms with E-state index < -0.39 is 0 Å². The molecule has 1 aliphatic carbocycles. The molecule has 0 radical (unpaired) electrons. The van der Waals surface area contributed by atoms with Gasteiger partial charge in [-0.1, -0.05) is 19.3 Å². The Morgan fingerprint density at radius 3 is 2.79 bits per heavy atom. The molecule has 5 nitrogen and oxygen atoms in total. The fraction of sp³-hybridized carbons (Fsp3) is 0.714. The molecule has 2 aliphatic rings. The van der Waals surface area contributed by atoms with E-state index in [0.29, 0.717) is 5.82 Å². The molecular weight excluding hydrogens is 238 g/mol. The summed E-state index contributed by atoms with van der Waals surface area (Å²) in [6, 6.07) is 1.95. The van der Waals surface area contributed by atoms with Gasteiger partial charge in [-0.3, -0.25) is 0 Å². The zero-order valence-corrected chi connectivity index (χ0v) is 11.6. The molecule has 3 rings (SSSR count). The Kier molecular flexibility index (Phi) is 3.55. The van der Waals surface area contributed by atoms with E-state index in [-0.39, 0.29) is 0 Å². The Morgan fingerprint density at radius 2 is 2.00 bits per heavy atom. The number of fused-ring (bicyclic) bond motifs is 1. The summed E-state index contributed by atoms with van der Waals surface area (Å²) in [4.78, 5) is 11.2. The predicted octanol–water partition coefficient (Wildman–Crippen LogP) is 2.09. The molecule has 0 aromatic carbocycles. The van der Waals surface area contributed by atoms with Gasteiger partial charge in [0.25, 0.3) is 0 Å². The summed E-state index contributed by atoms with van der Waals surface area (Å²) in [7, 11) is 0. The average Bonchev–Trinajstić information content (AvgIpc) is 2.46. The number of nitrogens with zero attached hydrogens (tertiary/aromatic N) is 3. The van der Waals surface area contributed by atoms with Crippen molar-refractivity contribution < 1.29 is 0 Å². The summed E-state index contributed by atoms with van der Waals surface area (Å²) in [5.41, 5.74) is 2.63. The molecule has 2 atom stereocenters. The zero-order chi connectivity index (χ0) is 13.2. The molecule has 1 saturated heterocycles. The van der Waals surface area contributed by atoms with Gasteiger partial charge in [0.05, 0.1) is 0 Å². The van der Waals surface area contributed by atoms with Crippen LogP contribution in [0.4, 0.5) is 11.6 Å². The molecule has 0 amide bonds. The largest absolute Gasteiger partial charge is 0.356 e. The first-order valence-electron chi connectivity index (χ1n) is 7.33. The van der Waals surface area contributed by atoms with Gasteiger partial charge >= 0.3 is 0 Å². The minimum atomic E-state index is 0.702. The van der Waals surface area contributed by atoms with Crippen molar-refractivity contribution in [3.63, 3.8) is 0 Å². The van der Waals surface area contributed by atoms with Gasteiger partial charge in [-0.05, 0) is 31.6 Å². The number of piperidine rings is 1. The SMILES string of the molecule is Cc1nc(NN)cc(N2CCC3CCCCC3C2)n1. The number of aromatic nitrogens is 2. The van der Waals surface area contributed by atoms with Crippen LogP contribution in [-0.4, -0.2) is 23.1 Å². The topological polar surface area (TPSA) is 67.1 Å². The van der Waals surface area contributed by atoms with Crippen LogP contribution in [0.2, 0.25) is 0 Å². The quantitative estimate of drug-likeness (QED) is 0.630. The molecule has 1 saturated carbocycles. The van der Waals surface area contributed by atoms with E-state index in [1.54, 1.807) is 0 Å². The second-order valence-electron chi connectivity index (χ2n) is 5.84. The van der Waals surface area contributed by atoms with Crippen molar-refractivity contribution in [2.75, 3.05) is 23.4 Å². The highest BCUT2D eigenvalue weighted by atomic mass is 15.3. The number of aryl methyl sites for hydroxylation is 1. The summed E-state index contributed by atoms with van der Waals surface area (Å²) in [5, 5.41) is 0. The first-order chi connectivity index (χ1) is 9.26. The van der Waals surface area contributed by atoms with Gasteiger partial charge in [0.1, 0.15) is 17.5 Å². The van der Waals surface area contributed by atoms with Gasteiger partial charge in [-0.2, -0.15) is 0 Å². The van der Waals surface area contributed by atoms with Crippen LogP contribution in [-0.2, 0) is 0 Å². The van der Waals surface area contributed by atoms with Gasteiger partial charge in [0.2, 0.25) is 0 Å². The molecule has 1 aromatic heterocycles. The first-order valence-corrected chi connectivity index (χ1v) is 7.33. The van der Waals surface area contributed by atoms with Crippen molar-refractivity contribution in [2.24, 2.45) is 17.7 Å². The third kappa shape index (κ3) is 2.66. The van der Waals surface area contributed by atoms with E-state index >= 15 is 0 Å². The summed E-state index contributed by atoms with van der Waals surface area (Å²) >= 11 is 0. The number of nitrogens with one attached hydrogen (secondary N) is 1. The number of nitrogen functional groups attached to an aromatic ring is 1. The number of rotatable bonds is 2. The van der Waals surface area contributed by atoms with Crippen LogP contribution in [0.25, 0.3) is 0 Å². The average molecular weight is 261 g/mol. The fourth-order valence-electron chi connectivity index (χ4n) is 3.60. The maximum atomic E-state index is 5.46. The number of hydrogen-bond acceptors (Lipinski definition) is 5. The van der Waals surface area contributed by atoms with E-state index in [1.807, 2.05) is 13.0 Å². The van der Waals surface area contributed by atoms with Gasteiger partial charge in [0.15, 0.2) is 0 Å². The number of hydrogen-bond donors (Lipinski definition) is 2. The summed E-state index contributed by atoms with van der Waals surface area (Å²) in [6.45, 7) is 4.17. The smallest absolute Gasteiger partial charge is 0.145 e. The van der Waals surface area contributed by atoms with Crippen molar-refractivity contribution in [3.05, 3.63) is 11.9 Å². The second kappa shape index (κ2) is 5.33. The maximum absolute atomic E-state index is 5.46. The lowest BCUT2D eigenvalue weighted by molar-refractivity contribution is 0.202. The highest BCUT2D eigenvalue weighted by Gasteiger charge is 2.31. The summed E-state index contributed by atoms with van der Waals surface area (Å²) < 4.78 is 0. The van der Waals surface area contributed by atoms with E-state index in [0.717, 1.165) is 36.6 Å². The lowest BCUT2D eigenvalue weighted by atomic mass is 9.75. The number of anilines is 2. The monoisotopic (exact) mass is 261 g/mol. The standard InChI is InChI=1S/C14H23N5/c1-10-16-13(18-15)8-14(17-10)19-7-6-11-4-2-3-5-12(11)9-19/h8,11-12H,2-7,9,15H2,1H3,(H,16,17,18). The molecule has 5 heteroatoms. The maximum Gasteiger partial charge on any atom is 0.145 e. The first kappa shape index (κ1) is 12.7. The van der Waals surface area contributed by atoms with Gasteiger partial charge in [0, 0.05) is 19.2 Å². The lowest BCUT2D eigenvalue weighted by Gasteiger charge is -2.41. The van der Waals surface area contributed by atoms with Crippen LogP contribution in [0.15, 0.2) is 6.07 Å². The lowest BCUT2D eigenvalue weighted by Crippen LogP contribution is -2.42. The van der Waals surface area contributed by atoms with Crippen LogP contribution < -0.4 is 16.2 Å². The third-order valence-electron chi connectivity index (χ3n) is 4.59. The van der Waals surface area contributed by atoms with Crippen molar-refractivity contribution in [1.82, 2.24) is 9.97 Å². The number of nitrogens with two attached hydrogens (primary N) is 1. The Bertz CT molecular complexity index is 447. The molecule has 0 bridgehead atoms. The molecule has 2 heterocycles. The Hall–Kier alpha value is -1.36. The molecule has 2 fully saturated rings. The highest BCUT2D eigenvalue weighted by Crippen LogP contribution is 2.37. The van der Waals surface area contributed by atoms with Crippen molar-refractivity contribution in [3.8, 4) is 0 Å². The van der Waals surface area contributed by atoms with E-state index in [1.165, 1.54) is 32.1 Å². The van der Waals surface area contributed by atoms with E-state index in [9.17, 15) is 0 Å². The van der Waals surface area contributed by atoms with Crippen LogP contribution in [0.5, 0.6) is 0 Å². The van der Waals surface area contributed by atoms with E-state index in [2.05, 4.69) is 20.3 Å². The molecule has 19 heavy (non-hydrogen) atoms. The highest BCUT2D eigenvalue weighted by molar-refractivity contribution is 5.49. The second-order valence-corrected chi connectivity index (χ2v) is 5.84. The van der Waals surface area contributed by atoms with Gasteiger partial charge < -0.3 is 10.3 Å². The fourth-order valence-corrected chi connectivity index (χ4v) is 3.60. The van der Waals surface area contributed by atoms with Crippen LogP contribution >= 0.6 is 0 Å². The molecule has 0 spiro atoms. The predicted molar refractivity (Wildman–Crippen MR) is 76.9 cm³/mol. The zero-order valence-electron chi connectivity index (χ0n) is 11.6. The van der Waals surface area contributed by atoms with Crippen molar-refractivity contribution in [2.45, 2.75) is 39.0 Å². The van der Waals surface area contributed by atoms with Crippen LogP contribution in [0, 0.1) is 18.8 Å². The Balaban J connectivity index is 1.77. The Morgan fingerprint density at radius 1 is 1.21 bits per heavy atom. The van der Waals surface area contributed by atoms with Crippen LogP contribution in [0.1, 0.15) is 37.9 Å². The van der Waals surface area contributed by atoms with Crippen molar-refractivity contribution in [1.29, 1.82) is 0 Å².